The van der Waals surface area contributed by atoms with Gasteiger partial charge in [0.2, 0.25) is 0 Å². The summed E-state index contributed by atoms with van der Waals surface area (Å²) >= 11 is 3.67. The summed E-state index contributed by atoms with van der Waals surface area (Å²) < 4.78 is 7.33. The number of aryl methyl sites for hydroxylation is 2. The number of carbonyl (C=O) groups excluding carboxylic acids is 1. The molecule has 0 fully saturated rings. The lowest BCUT2D eigenvalue weighted by Crippen LogP contribution is -2.37. The molecule has 4 aromatic carbocycles. The van der Waals surface area contributed by atoms with Gasteiger partial charge in [0, 0.05) is 23.5 Å². The second-order valence-corrected chi connectivity index (χ2v) is 10.5. The van der Waals surface area contributed by atoms with E-state index >= 15 is 0 Å². The molecule has 0 bridgehead atoms. The second kappa shape index (κ2) is 11.2. The van der Waals surface area contributed by atoms with Crippen LogP contribution < -0.4 is 9.75 Å². The van der Waals surface area contributed by atoms with Gasteiger partial charge in [-0.2, -0.15) is 0 Å². The van der Waals surface area contributed by atoms with Crippen molar-refractivity contribution in [1.29, 1.82) is 0 Å². The number of ether oxygens (including phenoxy) is 1. The van der Waals surface area contributed by atoms with Crippen molar-refractivity contribution in [1.82, 2.24) is 4.90 Å². The Bertz CT molecular complexity index is 1470. The van der Waals surface area contributed by atoms with Gasteiger partial charge in [-0.05, 0) is 66.4 Å². The van der Waals surface area contributed by atoms with Crippen molar-refractivity contribution in [3.63, 3.8) is 0 Å². The van der Waals surface area contributed by atoms with Gasteiger partial charge >= 0.3 is 0 Å². The zero-order chi connectivity index (χ0) is 26.6. The average Bonchev–Trinajstić information content (AvgIpc) is 3.30. The Hall–Kier alpha value is -3.90. The molecule has 0 saturated heterocycles. The molecule has 0 amide bonds. The van der Waals surface area contributed by atoms with Gasteiger partial charge in [0.1, 0.15) is 12.4 Å². The molecule has 192 valence electrons. The van der Waals surface area contributed by atoms with Gasteiger partial charge < -0.3 is 9.64 Å². The molecule has 0 radical (unpaired) electrons. The van der Waals surface area contributed by atoms with E-state index in [1.165, 1.54) is 5.56 Å². The highest BCUT2D eigenvalue weighted by Gasteiger charge is 2.40. The molecule has 1 aliphatic rings. The van der Waals surface area contributed by atoms with Gasteiger partial charge in [-0.1, -0.05) is 82.7 Å². The summed E-state index contributed by atoms with van der Waals surface area (Å²) in [5.74, 6) is 1.08. The van der Waals surface area contributed by atoms with Crippen LogP contribution in [0, 0.1) is 13.8 Å². The molecule has 1 aliphatic heterocycles. The number of hydrogen-bond donors (Lipinski definition) is 0. The number of hydrazone groups is 1. The fraction of sp³-hybridized carbons (Fsp3) is 0.188. The fourth-order valence-corrected chi connectivity index (χ4v) is 5.01. The van der Waals surface area contributed by atoms with Crippen LogP contribution in [0.5, 0.6) is 5.75 Å². The summed E-state index contributed by atoms with van der Waals surface area (Å²) in [6.45, 7) is 6.72. The maximum absolute atomic E-state index is 12.9. The molecule has 1 heterocycles. The third-order valence-electron chi connectivity index (χ3n) is 6.75. The number of amidine groups is 1. The number of anilines is 1. The first-order chi connectivity index (χ1) is 18.4. The summed E-state index contributed by atoms with van der Waals surface area (Å²) in [6.07, 6.45) is -0.389. The highest BCUT2D eigenvalue weighted by Crippen LogP contribution is 2.42. The Labute approximate surface area is 232 Å². The van der Waals surface area contributed by atoms with E-state index in [9.17, 15) is 4.79 Å². The van der Waals surface area contributed by atoms with Gasteiger partial charge in [0.15, 0.2) is 17.8 Å². The number of hydrogen-bond acceptors (Lipinski definition) is 5. The minimum atomic E-state index is -0.389. The lowest BCUT2D eigenvalue weighted by atomic mass is 10.1. The summed E-state index contributed by atoms with van der Waals surface area (Å²) in [5, 5.41) is 6.86. The van der Waals surface area contributed by atoms with Crippen LogP contribution in [0.2, 0.25) is 0 Å². The third-order valence-corrected chi connectivity index (χ3v) is 7.25. The van der Waals surface area contributed by atoms with Crippen molar-refractivity contribution in [2.75, 3.05) is 5.01 Å². The Morgan fingerprint density at radius 3 is 2.21 bits per heavy atom. The Morgan fingerprint density at radius 1 is 0.868 bits per heavy atom. The normalized spacial score (nSPS) is 14.9. The Balaban J connectivity index is 1.62. The molecule has 0 aliphatic carbocycles. The molecule has 0 aromatic heterocycles. The number of carbonyl (C=O) groups is 1. The largest absolute Gasteiger partial charge is 0.488 e. The summed E-state index contributed by atoms with van der Waals surface area (Å²) in [4.78, 5) is 15.0. The molecule has 1 atom stereocenters. The Kier molecular flexibility index (Phi) is 7.61. The first-order valence-electron chi connectivity index (χ1n) is 12.6. The van der Waals surface area contributed by atoms with E-state index in [4.69, 9.17) is 9.84 Å². The predicted molar refractivity (Wildman–Crippen MR) is 156 cm³/mol. The SMILES string of the molecule is CC(=O)C1=NN(c2ccc(C)c(C)c2)[C@@H](c2cc(Br)ccc2OCc2ccccc2)N1Cc1ccccc1. The standard InChI is InChI=1S/C32H30BrN3O2/c1-22-14-16-28(18-23(22)2)36-32(35(31(34-36)24(3)37)20-25-10-6-4-7-11-25)29-19-27(33)15-17-30(29)38-21-26-12-8-5-9-13-26/h4-19,32H,20-21H2,1-3H3/t32-/m0/s1. The summed E-state index contributed by atoms with van der Waals surface area (Å²) in [5.41, 5.74) is 6.38. The summed E-state index contributed by atoms with van der Waals surface area (Å²) in [7, 11) is 0. The zero-order valence-corrected chi connectivity index (χ0v) is 23.4. The van der Waals surface area contributed by atoms with Crippen molar-refractivity contribution in [2.45, 2.75) is 40.1 Å². The molecule has 0 saturated carbocycles. The van der Waals surface area contributed by atoms with Crippen LogP contribution in [0.25, 0.3) is 0 Å². The van der Waals surface area contributed by atoms with Gasteiger partial charge in [-0.3, -0.25) is 4.79 Å². The quantitative estimate of drug-likeness (QED) is 0.220. The van der Waals surface area contributed by atoms with Crippen molar-refractivity contribution in [3.05, 3.63) is 129 Å². The van der Waals surface area contributed by atoms with E-state index in [1.807, 2.05) is 65.7 Å². The van der Waals surface area contributed by atoms with Crippen LogP contribution in [-0.4, -0.2) is 16.5 Å². The minimum Gasteiger partial charge on any atom is -0.488 e. The van der Waals surface area contributed by atoms with Gasteiger partial charge in [-0.15, -0.1) is 5.10 Å². The monoisotopic (exact) mass is 567 g/mol. The first kappa shape index (κ1) is 25.7. The fourth-order valence-electron chi connectivity index (χ4n) is 4.63. The highest BCUT2D eigenvalue weighted by atomic mass is 79.9. The molecule has 6 heteroatoms. The van der Waals surface area contributed by atoms with E-state index in [0.717, 1.165) is 38.2 Å². The zero-order valence-electron chi connectivity index (χ0n) is 21.8. The lowest BCUT2D eigenvalue weighted by molar-refractivity contribution is -0.111. The lowest BCUT2D eigenvalue weighted by Gasteiger charge is -2.33. The molecule has 5 nitrogen and oxygen atoms in total. The van der Waals surface area contributed by atoms with Crippen LogP contribution >= 0.6 is 15.9 Å². The van der Waals surface area contributed by atoms with E-state index in [0.29, 0.717) is 19.0 Å². The molecule has 0 N–H and O–H groups in total. The van der Waals surface area contributed by atoms with Gasteiger partial charge in [0.05, 0.1) is 5.69 Å². The van der Waals surface area contributed by atoms with Crippen molar-refractivity contribution >= 4 is 33.2 Å². The number of nitrogens with zero attached hydrogens (tertiary/aromatic N) is 3. The number of Topliss-reactive ketones (excluding diaryl/α,β-unsaturated/α-hetero) is 1. The van der Waals surface area contributed by atoms with Crippen molar-refractivity contribution in [3.8, 4) is 5.75 Å². The smallest absolute Gasteiger partial charge is 0.196 e. The van der Waals surface area contributed by atoms with E-state index in [-0.39, 0.29) is 11.9 Å². The van der Waals surface area contributed by atoms with Gasteiger partial charge in [-0.25, -0.2) is 5.01 Å². The van der Waals surface area contributed by atoms with E-state index in [2.05, 4.69) is 71.1 Å². The Morgan fingerprint density at radius 2 is 1.55 bits per heavy atom. The molecular formula is C32H30BrN3O2. The van der Waals surface area contributed by atoms with Crippen molar-refractivity contribution in [2.24, 2.45) is 5.10 Å². The minimum absolute atomic E-state index is 0.0842. The van der Waals surface area contributed by atoms with Crippen LogP contribution in [0.1, 0.15) is 40.9 Å². The number of halogens is 1. The topological polar surface area (TPSA) is 45.1 Å². The average molecular weight is 569 g/mol. The number of rotatable bonds is 8. The van der Waals surface area contributed by atoms with Crippen LogP contribution in [0.4, 0.5) is 5.69 Å². The van der Waals surface area contributed by atoms with Crippen molar-refractivity contribution < 1.29 is 9.53 Å². The first-order valence-corrected chi connectivity index (χ1v) is 13.4. The maximum atomic E-state index is 12.9. The number of benzene rings is 4. The molecule has 38 heavy (non-hydrogen) atoms. The van der Waals surface area contributed by atoms with E-state index < -0.39 is 0 Å². The molecular weight excluding hydrogens is 538 g/mol. The highest BCUT2D eigenvalue weighted by molar-refractivity contribution is 9.10. The maximum Gasteiger partial charge on any atom is 0.196 e. The molecule has 4 aromatic rings. The third kappa shape index (κ3) is 5.50. The van der Waals surface area contributed by atoms with Crippen LogP contribution in [0.15, 0.2) is 107 Å². The van der Waals surface area contributed by atoms with E-state index in [1.54, 1.807) is 6.92 Å². The molecule has 5 rings (SSSR count). The van der Waals surface area contributed by atoms with Crippen LogP contribution in [-0.2, 0) is 17.9 Å². The van der Waals surface area contributed by atoms with Gasteiger partial charge in [0.25, 0.3) is 0 Å². The van der Waals surface area contributed by atoms with Crippen LogP contribution in [0.3, 0.4) is 0 Å². The number of ketones is 1. The molecule has 0 spiro atoms. The molecule has 0 unspecified atom stereocenters. The summed E-state index contributed by atoms with van der Waals surface area (Å²) in [6, 6.07) is 32.6. The predicted octanol–water partition coefficient (Wildman–Crippen LogP) is 7.57. The second-order valence-electron chi connectivity index (χ2n) is 9.54.